The first-order valence-corrected chi connectivity index (χ1v) is 10.5. The van der Waals surface area contributed by atoms with Crippen molar-refractivity contribution in [3.05, 3.63) is 58.3 Å². The average Bonchev–Trinajstić information content (AvgIpc) is 2.59. The Hall–Kier alpha value is -1.93. The molecule has 0 unspecified atom stereocenters. The van der Waals surface area contributed by atoms with E-state index in [0.717, 1.165) is 6.26 Å². The van der Waals surface area contributed by atoms with Crippen LogP contribution in [0.4, 0.5) is 4.39 Å². The highest BCUT2D eigenvalue weighted by atomic mass is 79.9. The summed E-state index contributed by atoms with van der Waals surface area (Å²) in [5.74, 6) is -0.540. The lowest BCUT2D eigenvalue weighted by atomic mass is 10.2. The second-order valence-corrected chi connectivity index (χ2v) is 8.73. The molecule has 0 aromatic heterocycles. The molecule has 8 heteroatoms. The molecule has 0 bridgehead atoms. The van der Waals surface area contributed by atoms with Crippen molar-refractivity contribution in [3.63, 3.8) is 0 Å². The molecule has 0 atom stereocenters. The number of rotatable bonds is 7. The lowest BCUT2D eigenvalue weighted by Crippen LogP contribution is -2.29. The molecule has 0 fully saturated rings. The molecule has 0 heterocycles. The second kappa shape index (κ2) is 8.64. The van der Waals surface area contributed by atoms with E-state index in [9.17, 15) is 17.6 Å². The number of benzene rings is 2. The highest BCUT2D eigenvalue weighted by Crippen LogP contribution is 2.18. The number of amides is 1. The van der Waals surface area contributed by atoms with Gasteiger partial charge in [-0.3, -0.25) is 4.79 Å². The molecule has 26 heavy (non-hydrogen) atoms. The number of hydrogen-bond acceptors (Lipinski definition) is 4. The maximum atomic E-state index is 13.8. The fourth-order valence-electron chi connectivity index (χ4n) is 2.25. The van der Waals surface area contributed by atoms with E-state index in [1.165, 1.54) is 35.2 Å². The lowest BCUT2D eigenvalue weighted by molar-refractivity contribution is 0.0783. The summed E-state index contributed by atoms with van der Waals surface area (Å²) in [5, 5.41) is 0. The summed E-state index contributed by atoms with van der Waals surface area (Å²) in [6.45, 7) is 0.669. The van der Waals surface area contributed by atoms with Crippen LogP contribution in [0.25, 0.3) is 0 Å². The summed E-state index contributed by atoms with van der Waals surface area (Å²) < 4.78 is 43.0. The van der Waals surface area contributed by atoms with E-state index in [1.807, 2.05) is 0 Å². The first kappa shape index (κ1) is 20.4. The molecule has 0 saturated carbocycles. The van der Waals surface area contributed by atoms with Crippen LogP contribution >= 0.6 is 15.9 Å². The van der Waals surface area contributed by atoms with Crippen LogP contribution in [0.3, 0.4) is 0 Å². The zero-order valence-electron chi connectivity index (χ0n) is 14.4. The van der Waals surface area contributed by atoms with E-state index in [1.54, 1.807) is 19.2 Å². The molecule has 0 aliphatic carbocycles. The Morgan fingerprint density at radius 3 is 2.65 bits per heavy atom. The van der Waals surface area contributed by atoms with E-state index < -0.39 is 21.6 Å². The van der Waals surface area contributed by atoms with Crippen LogP contribution in [0.5, 0.6) is 5.75 Å². The number of nitrogens with zero attached hydrogens (tertiary/aromatic N) is 1. The lowest BCUT2D eigenvalue weighted by Gasteiger charge is -2.18. The first-order valence-electron chi connectivity index (χ1n) is 7.82. The minimum absolute atomic E-state index is 0.00338. The minimum Gasteiger partial charge on any atom is -0.493 e. The molecule has 0 aliphatic heterocycles. The van der Waals surface area contributed by atoms with Gasteiger partial charge < -0.3 is 9.64 Å². The normalized spacial score (nSPS) is 11.2. The van der Waals surface area contributed by atoms with Crippen molar-refractivity contribution in [2.24, 2.45) is 0 Å². The molecule has 140 valence electrons. The van der Waals surface area contributed by atoms with Crippen molar-refractivity contribution in [2.75, 3.05) is 26.5 Å². The monoisotopic (exact) mass is 443 g/mol. The van der Waals surface area contributed by atoms with Crippen LogP contribution in [-0.4, -0.2) is 45.7 Å². The Balaban J connectivity index is 1.88. The third kappa shape index (κ3) is 5.54. The van der Waals surface area contributed by atoms with Crippen LogP contribution in [0.1, 0.15) is 16.8 Å². The van der Waals surface area contributed by atoms with Gasteiger partial charge in [-0.05, 0) is 42.8 Å². The Morgan fingerprint density at radius 2 is 1.96 bits per heavy atom. The number of sulfone groups is 1. The Morgan fingerprint density at radius 1 is 1.23 bits per heavy atom. The third-order valence-electron chi connectivity index (χ3n) is 3.65. The quantitative estimate of drug-likeness (QED) is 0.613. The molecule has 2 aromatic carbocycles. The van der Waals surface area contributed by atoms with Crippen molar-refractivity contribution in [3.8, 4) is 5.75 Å². The van der Waals surface area contributed by atoms with Crippen molar-refractivity contribution < 1.29 is 22.3 Å². The summed E-state index contributed by atoms with van der Waals surface area (Å²) >= 11 is 3.22. The first-order chi connectivity index (χ1) is 12.2. The van der Waals surface area contributed by atoms with E-state index in [-0.39, 0.29) is 10.5 Å². The van der Waals surface area contributed by atoms with E-state index in [4.69, 9.17) is 4.74 Å². The largest absolute Gasteiger partial charge is 0.493 e. The molecule has 2 aromatic rings. The Bertz CT molecular complexity index is 902. The zero-order valence-corrected chi connectivity index (χ0v) is 16.8. The SMILES string of the molecule is CN(CCCOc1cccc(S(C)(=O)=O)c1)C(=O)c1cc(Br)ccc1F. The molecular formula is C18H19BrFNO4S. The molecule has 0 N–H and O–H groups in total. The maximum absolute atomic E-state index is 13.8. The van der Waals surface area contributed by atoms with Gasteiger partial charge in [0.2, 0.25) is 0 Å². The van der Waals surface area contributed by atoms with Gasteiger partial charge in [-0.15, -0.1) is 0 Å². The number of carbonyl (C=O) groups is 1. The van der Waals surface area contributed by atoms with E-state index in [2.05, 4.69) is 15.9 Å². The van der Waals surface area contributed by atoms with Gasteiger partial charge in [0.15, 0.2) is 9.84 Å². The Kier molecular flexibility index (Phi) is 6.77. The van der Waals surface area contributed by atoms with Gasteiger partial charge in [0.1, 0.15) is 11.6 Å². The van der Waals surface area contributed by atoms with Crippen molar-refractivity contribution in [1.82, 2.24) is 4.90 Å². The molecule has 0 radical (unpaired) electrons. The second-order valence-electron chi connectivity index (χ2n) is 5.80. The molecule has 2 rings (SSSR count). The van der Waals surface area contributed by atoms with E-state index >= 15 is 0 Å². The highest BCUT2D eigenvalue weighted by Gasteiger charge is 2.16. The van der Waals surface area contributed by atoms with E-state index in [0.29, 0.717) is 29.8 Å². The van der Waals surface area contributed by atoms with Gasteiger partial charge >= 0.3 is 0 Å². The summed E-state index contributed by atoms with van der Waals surface area (Å²) in [7, 11) is -1.70. The number of hydrogen-bond donors (Lipinski definition) is 0. The van der Waals surface area contributed by atoms with Crippen LogP contribution in [0.15, 0.2) is 51.8 Å². The third-order valence-corrected chi connectivity index (χ3v) is 5.25. The van der Waals surface area contributed by atoms with Crippen molar-refractivity contribution in [1.29, 1.82) is 0 Å². The Labute approximate surface area is 160 Å². The highest BCUT2D eigenvalue weighted by molar-refractivity contribution is 9.10. The molecule has 5 nitrogen and oxygen atoms in total. The van der Waals surface area contributed by atoms with Gasteiger partial charge in [0, 0.05) is 24.3 Å². The smallest absolute Gasteiger partial charge is 0.256 e. The average molecular weight is 444 g/mol. The van der Waals surface area contributed by atoms with Crippen LogP contribution in [-0.2, 0) is 9.84 Å². The fraction of sp³-hybridized carbons (Fsp3) is 0.278. The van der Waals surface area contributed by atoms with Crippen LogP contribution in [0, 0.1) is 5.82 Å². The predicted octanol–water partition coefficient (Wildman–Crippen LogP) is 3.53. The standard InChI is InChI=1S/C18H19BrFNO4S/c1-21(18(22)16-11-13(19)7-8-17(16)20)9-4-10-25-14-5-3-6-15(12-14)26(2,23)24/h3,5-8,11-12H,4,9-10H2,1-2H3. The molecule has 0 saturated heterocycles. The van der Waals surface area contributed by atoms with Gasteiger partial charge in [-0.1, -0.05) is 22.0 Å². The van der Waals surface area contributed by atoms with Gasteiger partial charge in [-0.2, -0.15) is 0 Å². The predicted molar refractivity (Wildman–Crippen MR) is 101 cm³/mol. The maximum Gasteiger partial charge on any atom is 0.256 e. The van der Waals surface area contributed by atoms with Gasteiger partial charge in [0.25, 0.3) is 5.91 Å². The summed E-state index contributed by atoms with van der Waals surface area (Å²) in [6.07, 6.45) is 1.65. The molecule has 1 amide bonds. The molecular weight excluding hydrogens is 425 g/mol. The van der Waals surface area contributed by atoms with Crippen LogP contribution < -0.4 is 4.74 Å². The summed E-state index contributed by atoms with van der Waals surface area (Å²) in [4.78, 5) is 13.9. The topological polar surface area (TPSA) is 63.7 Å². The minimum atomic E-state index is -3.29. The fourth-order valence-corrected chi connectivity index (χ4v) is 3.27. The summed E-state index contributed by atoms with van der Waals surface area (Å²) in [5.41, 5.74) is 0.00338. The van der Waals surface area contributed by atoms with Crippen molar-refractivity contribution in [2.45, 2.75) is 11.3 Å². The van der Waals surface area contributed by atoms with Crippen LogP contribution in [0.2, 0.25) is 0 Å². The number of halogens is 2. The number of carbonyl (C=O) groups excluding carboxylic acids is 1. The zero-order chi connectivity index (χ0) is 19.3. The number of ether oxygens (including phenoxy) is 1. The molecule has 0 spiro atoms. The van der Waals surface area contributed by atoms with Gasteiger partial charge in [0.05, 0.1) is 17.1 Å². The molecule has 0 aliphatic rings. The van der Waals surface area contributed by atoms with Crippen molar-refractivity contribution >= 4 is 31.7 Å². The summed E-state index contributed by atoms with van der Waals surface area (Å²) in [6, 6.07) is 10.5. The van der Waals surface area contributed by atoms with Gasteiger partial charge in [-0.25, -0.2) is 12.8 Å².